The molecule has 0 radical (unpaired) electrons. The van der Waals surface area contributed by atoms with Crippen LogP contribution in [0.1, 0.15) is 10.4 Å². The molecular weight excluding hydrogens is 406 g/mol. The Labute approximate surface area is 175 Å². The predicted molar refractivity (Wildman–Crippen MR) is 113 cm³/mol. The van der Waals surface area contributed by atoms with E-state index in [1.165, 1.54) is 24.3 Å². The molecule has 28 heavy (non-hydrogen) atoms. The highest BCUT2D eigenvalue weighted by Crippen LogP contribution is 2.15. The van der Waals surface area contributed by atoms with E-state index in [-0.39, 0.29) is 49.0 Å². The lowest BCUT2D eigenvalue weighted by Gasteiger charge is -2.34. The molecule has 2 amide bonds. The number of anilines is 2. The predicted octanol–water partition coefficient (Wildman–Crippen LogP) is 2.65. The molecule has 0 aromatic heterocycles. The molecule has 0 aliphatic carbocycles. The molecule has 0 unspecified atom stereocenters. The van der Waals surface area contributed by atoms with Crippen molar-refractivity contribution >= 4 is 48.0 Å². The summed E-state index contributed by atoms with van der Waals surface area (Å²) >= 11 is 0. The van der Waals surface area contributed by atoms with Crippen molar-refractivity contribution in [1.82, 2.24) is 9.80 Å². The Morgan fingerprint density at radius 2 is 1.57 bits per heavy atom. The summed E-state index contributed by atoms with van der Waals surface area (Å²) in [6.45, 7) is 2.52. The van der Waals surface area contributed by atoms with E-state index in [4.69, 9.17) is 5.73 Å². The maximum absolute atomic E-state index is 12.9. The van der Waals surface area contributed by atoms with Crippen LogP contribution >= 0.6 is 24.8 Å². The van der Waals surface area contributed by atoms with Gasteiger partial charge in [0.2, 0.25) is 5.91 Å². The lowest BCUT2D eigenvalue weighted by Crippen LogP contribution is -2.50. The summed E-state index contributed by atoms with van der Waals surface area (Å²) in [5.41, 5.74) is 7.41. The number of piperazine rings is 1. The number of nitrogens with zero attached hydrogens (tertiary/aromatic N) is 2. The van der Waals surface area contributed by atoms with Crippen molar-refractivity contribution < 1.29 is 14.0 Å². The minimum atomic E-state index is -0.345. The Kier molecular flexibility index (Phi) is 9.18. The SMILES string of the molecule is Cl.Cl.Nc1ccccc1C(=O)N1CCN(CC(=O)Nc2ccc(F)cc2)CC1. The van der Waals surface area contributed by atoms with Crippen molar-refractivity contribution in [2.75, 3.05) is 43.8 Å². The summed E-state index contributed by atoms with van der Waals surface area (Å²) in [4.78, 5) is 28.4. The summed E-state index contributed by atoms with van der Waals surface area (Å²) in [6, 6.07) is 12.7. The Hall–Kier alpha value is -2.35. The van der Waals surface area contributed by atoms with Gasteiger partial charge in [-0.3, -0.25) is 14.5 Å². The molecule has 3 rings (SSSR count). The first-order chi connectivity index (χ1) is 12.5. The average molecular weight is 429 g/mol. The van der Waals surface area contributed by atoms with Gasteiger partial charge in [-0.15, -0.1) is 24.8 Å². The van der Waals surface area contributed by atoms with Crippen LogP contribution in [0.2, 0.25) is 0 Å². The van der Waals surface area contributed by atoms with Gasteiger partial charge in [-0.25, -0.2) is 4.39 Å². The summed E-state index contributed by atoms with van der Waals surface area (Å²) < 4.78 is 12.9. The molecule has 1 aliphatic heterocycles. The molecule has 2 aromatic rings. The Morgan fingerprint density at radius 3 is 2.18 bits per heavy atom. The van der Waals surface area contributed by atoms with Crippen LogP contribution in [0.4, 0.5) is 15.8 Å². The number of amides is 2. The first-order valence-corrected chi connectivity index (χ1v) is 8.44. The molecule has 0 saturated carbocycles. The fourth-order valence-electron chi connectivity index (χ4n) is 2.91. The highest BCUT2D eigenvalue weighted by molar-refractivity contribution is 5.99. The number of nitrogens with one attached hydrogen (secondary N) is 1. The Morgan fingerprint density at radius 1 is 0.964 bits per heavy atom. The average Bonchev–Trinajstić information content (AvgIpc) is 2.64. The largest absolute Gasteiger partial charge is 0.398 e. The number of benzene rings is 2. The lowest BCUT2D eigenvalue weighted by molar-refractivity contribution is -0.117. The van der Waals surface area contributed by atoms with E-state index in [1.807, 2.05) is 4.90 Å². The van der Waals surface area contributed by atoms with Crippen LogP contribution in [-0.4, -0.2) is 54.3 Å². The van der Waals surface area contributed by atoms with Crippen LogP contribution in [0, 0.1) is 5.82 Å². The summed E-state index contributed by atoms with van der Waals surface area (Å²) in [5.74, 6) is -0.593. The molecule has 1 fully saturated rings. The molecule has 152 valence electrons. The molecule has 1 saturated heterocycles. The van der Waals surface area contributed by atoms with Crippen LogP contribution in [-0.2, 0) is 4.79 Å². The maximum Gasteiger partial charge on any atom is 0.256 e. The first-order valence-electron chi connectivity index (χ1n) is 8.44. The van der Waals surface area contributed by atoms with Gasteiger partial charge in [0.25, 0.3) is 5.91 Å². The molecule has 0 bridgehead atoms. The van der Waals surface area contributed by atoms with E-state index in [1.54, 1.807) is 29.2 Å². The molecule has 0 spiro atoms. The van der Waals surface area contributed by atoms with E-state index >= 15 is 0 Å². The normalized spacial score (nSPS) is 13.8. The van der Waals surface area contributed by atoms with Crippen LogP contribution in [0.25, 0.3) is 0 Å². The molecule has 1 heterocycles. The summed E-state index contributed by atoms with van der Waals surface area (Å²) in [5, 5.41) is 2.74. The van der Waals surface area contributed by atoms with E-state index < -0.39 is 0 Å². The standard InChI is InChI=1S/C19H21FN4O2.2ClH/c20-14-5-7-15(8-6-14)22-18(25)13-23-9-11-24(12-10-23)19(26)16-3-1-2-4-17(16)21;;/h1-8H,9-13,21H2,(H,22,25);2*1H. The highest BCUT2D eigenvalue weighted by Gasteiger charge is 2.24. The summed E-state index contributed by atoms with van der Waals surface area (Å²) in [7, 11) is 0. The van der Waals surface area contributed by atoms with Gasteiger partial charge in [0.1, 0.15) is 5.82 Å². The van der Waals surface area contributed by atoms with E-state index in [9.17, 15) is 14.0 Å². The number of carbonyl (C=O) groups is 2. The third-order valence-corrected chi connectivity index (χ3v) is 4.35. The zero-order chi connectivity index (χ0) is 18.5. The first kappa shape index (κ1) is 23.7. The Balaban J connectivity index is 0.00000196. The fourth-order valence-corrected chi connectivity index (χ4v) is 2.91. The number of carbonyl (C=O) groups excluding carboxylic acids is 2. The number of hydrogen-bond donors (Lipinski definition) is 2. The van der Waals surface area contributed by atoms with Gasteiger partial charge in [-0.1, -0.05) is 12.1 Å². The van der Waals surface area contributed by atoms with E-state index in [2.05, 4.69) is 5.32 Å². The van der Waals surface area contributed by atoms with E-state index in [0.717, 1.165) is 0 Å². The van der Waals surface area contributed by atoms with Gasteiger partial charge in [-0.2, -0.15) is 0 Å². The van der Waals surface area contributed by atoms with Gasteiger partial charge < -0.3 is 16.0 Å². The minimum absolute atomic E-state index is 0. The van der Waals surface area contributed by atoms with Crippen molar-refractivity contribution in [3.05, 3.63) is 59.9 Å². The number of para-hydroxylation sites is 1. The molecule has 2 aromatic carbocycles. The monoisotopic (exact) mass is 428 g/mol. The number of halogens is 3. The smallest absolute Gasteiger partial charge is 0.256 e. The van der Waals surface area contributed by atoms with Gasteiger partial charge in [0.15, 0.2) is 0 Å². The quantitative estimate of drug-likeness (QED) is 0.733. The highest BCUT2D eigenvalue weighted by atomic mass is 35.5. The van der Waals surface area contributed by atoms with E-state index in [0.29, 0.717) is 43.1 Å². The third kappa shape index (κ3) is 6.09. The van der Waals surface area contributed by atoms with Crippen LogP contribution in [0.15, 0.2) is 48.5 Å². The van der Waals surface area contributed by atoms with Crippen molar-refractivity contribution in [1.29, 1.82) is 0 Å². The molecular formula is C19H23Cl2FN4O2. The van der Waals surface area contributed by atoms with Crippen molar-refractivity contribution in [3.63, 3.8) is 0 Å². The van der Waals surface area contributed by atoms with Crippen molar-refractivity contribution in [3.8, 4) is 0 Å². The maximum atomic E-state index is 12.9. The third-order valence-electron chi connectivity index (χ3n) is 4.35. The second-order valence-electron chi connectivity index (χ2n) is 6.21. The van der Waals surface area contributed by atoms with Gasteiger partial charge in [0.05, 0.1) is 12.1 Å². The minimum Gasteiger partial charge on any atom is -0.398 e. The van der Waals surface area contributed by atoms with Gasteiger partial charge in [0, 0.05) is 37.6 Å². The van der Waals surface area contributed by atoms with Crippen LogP contribution in [0.3, 0.4) is 0 Å². The fraction of sp³-hybridized carbons (Fsp3) is 0.263. The van der Waals surface area contributed by atoms with Crippen molar-refractivity contribution in [2.45, 2.75) is 0 Å². The van der Waals surface area contributed by atoms with Crippen LogP contribution in [0.5, 0.6) is 0 Å². The molecule has 3 N–H and O–H groups in total. The number of nitrogen functional groups attached to an aromatic ring is 1. The van der Waals surface area contributed by atoms with Crippen LogP contribution < -0.4 is 11.1 Å². The molecule has 9 heteroatoms. The second-order valence-corrected chi connectivity index (χ2v) is 6.21. The zero-order valence-electron chi connectivity index (χ0n) is 15.1. The number of hydrogen-bond acceptors (Lipinski definition) is 4. The second kappa shape index (κ2) is 10.8. The van der Waals surface area contributed by atoms with Gasteiger partial charge >= 0.3 is 0 Å². The van der Waals surface area contributed by atoms with Gasteiger partial charge in [-0.05, 0) is 36.4 Å². The zero-order valence-corrected chi connectivity index (χ0v) is 16.8. The lowest BCUT2D eigenvalue weighted by atomic mass is 10.1. The van der Waals surface area contributed by atoms with Crippen molar-refractivity contribution in [2.24, 2.45) is 0 Å². The number of rotatable bonds is 4. The number of nitrogens with two attached hydrogens (primary N) is 1. The summed E-state index contributed by atoms with van der Waals surface area (Å²) in [6.07, 6.45) is 0. The Bertz CT molecular complexity index is 797. The topological polar surface area (TPSA) is 78.7 Å². The molecule has 0 atom stereocenters. The molecule has 6 nitrogen and oxygen atoms in total. The molecule has 1 aliphatic rings.